The van der Waals surface area contributed by atoms with Crippen molar-refractivity contribution in [1.82, 2.24) is 10.3 Å². The number of benzene rings is 1. The summed E-state index contributed by atoms with van der Waals surface area (Å²) in [6.07, 6.45) is -14.7. The van der Waals surface area contributed by atoms with E-state index < -0.39 is 29.0 Å². The molecule has 0 aliphatic rings. The third-order valence-corrected chi connectivity index (χ3v) is 2.76. The minimum Gasteiger partial charge on any atom is -0.530 e. The van der Waals surface area contributed by atoms with Crippen LogP contribution in [0.2, 0.25) is 0 Å². The van der Waals surface area contributed by atoms with Crippen molar-refractivity contribution in [1.29, 1.82) is 0 Å². The largest absolute Gasteiger partial charge is 0.530 e. The molecule has 0 aromatic heterocycles. The summed E-state index contributed by atoms with van der Waals surface area (Å²) >= 11 is 0. The highest BCUT2D eigenvalue weighted by atomic mass is 19.4. The maximum Gasteiger partial charge on any atom is 0.436 e. The van der Waals surface area contributed by atoms with Crippen molar-refractivity contribution in [3.05, 3.63) is 30.3 Å². The predicted molar refractivity (Wildman–Crippen MR) is 61.2 cm³/mol. The second kappa shape index (κ2) is 5.91. The molecule has 0 spiro atoms. The number of para-hydroxylation sites is 1. The molecule has 5 nitrogen and oxygen atoms in total. The van der Waals surface area contributed by atoms with Crippen LogP contribution in [-0.2, 0) is 0 Å². The summed E-state index contributed by atoms with van der Waals surface area (Å²) in [7, 11) is 0.107. The van der Waals surface area contributed by atoms with Gasteiger partial charge >= 0.3 is 18.0 Å². The van der Waals surface area contributed by atoms with E-state index in [1.165, 1.54) is 30.3 Å². The summed E-state index contributed by atoms with van der Waals surface area (Å²) in [6, 6.07) is 6.57. The van der Waals surface area contributed by atoms with Crippen LogP contribution in [0.3, 0.4) is 0 Å². The van der Waals surface area contributed by atoms with Gasteiger partial charge in [-0.05, 0) is 12.1 Å². The van der Waals surface area contributed by atoms with Crippen molar-refractivity contribution in [3.63, 3.8) is 0 Å². The van der Waals surface area contributed by atoms with Crippen LogP contribution < -0.4 is 16.0 Å². The van der Waals surface area contributed by atoms with E-state index >= 15 is 0 Å². The molecule has 0 saturated carbocycles. The molecule has 0 bridgehead atoms. The number of carboxylic acid groups (broad SMARTS) is 1. The lowest BCUT2D eigenvalue weighted by Crippen LogP contribution is -2.77. The zero-order valence-corrected chi connectivity index (χ0v) is 10.9. The molecule has 1 amide bonds. The number of amides is 1. The highest BCUT2D eigenvalue weighted by molar-refractivity contribution is 5.64. The Bertz CT molecular complexity index is 503. The molecule has 1 rings (SSSR count). The summed E-state index contributed by atoms with van der Waals surface area (Å²) in [5.41, 5.74) is -2.29. The van der Waals surface area contributed by atoms with Crippen LogP contribution >= 0.6 is 0 Å². The zero-order valence-electron chi connectivity index (χ0n) is 10.9. The predicted octanol–water partition coefficient (Wildman–Crippen LogP) is 1.70. The second-order valence-corrected chi connectivity index (χ2v) is 4.15. The maximum atomic E-state index is 13.0. The highest BCUT2D eigenvalue weighted by Crippen LogP contribution is 2.44. The van der Waals surface area contributed by atoms with Crippen LogP contribution in [-0.4, -0.2) is 36.1 Å². The molecule has 124 valence electrons. The quantitative estimate of drug-likeness (QED) is 0.501. The number of rotatable bonds is 4. The average molecular weight is 330 g/mol. The Morgan fingerprint density at radius 2 is 1.50 bits per heavy atom. The molecule has 0 saturated heterocycles. The third kappa shape index (κ3) is 3.18. The molecule has 0 fully saturated rings. The number of nitrogens with zero attached hydrogens (tertiary/aromatic N) is 1. The number of anilines is 1. The summed E-state index contributed by atoms with van der Waals surface area (Å²) in [5.74, 6) is 0. The van der Waals surface area contributed by atoms with Gasteiger partial charge in [0.1, 0.15) is 6.09 Å². The Morgan fingerprint density at radius 3 is 1.86 bits per heavy atom. The number of carbonyl (C=O) groups is 1. The van der Waals surface area contributed by atoms with Gasteiger partial charge in [-0.1, -0.05) is 18.2 Å². The van der Waals surface area contributed by atoms with Gasteiger partial charge in [-0.25, -0.2) is 0 Å². The third-order valence-electron chi connectivity index (χ3n) is 2.76. The molecular formula is C11H10F6N3O2-. The van der Waals surface area contributed by atoms with E-state index in [4.69, 9.17) is 0 Å². The maximum absolute atomic E-state index is 13.0. The number of nitrogens with one attached hydrogen (secondary N) is 2. The van der Waals surface area contributed by atoms with Gasteiger partial charge in [0.2, 0.25) is 0 Å². The summed E-state index contributed by atoms with van der Waals surface area (Å²) in [6.45, 7) is 0. The summed E-state index contributed by atoms with van der Waals surface area (Å²) < 4.78 is 78.2. The molecule has 22 heavy (non-hydrogen) atoms. The number of hydrogen-bond acceptors (Lipinski definition) is 4. The molecule has 0 radical (unpaired) electrons. The van der Waals surface area contributed by atoms with Gasteiger partial charge in [-0.15, -0.1) is 0 Å². The molecule has 0 heterocycles. The van der Waals surface area contributed by atoms with Crippen LogP contribution in [0.5, 0.6) is 0 Å². The van der Waals surface area contributed by atoms with Crippen molar-refractivity contribution >= 4 is 11.8 Å². The van der Waals surface area contributed by atoms with Gasteiger partial charge in [-0.2, -0.15) is 31.8 Å². The standard InChI is InChI=1S/C11H11F6N3O2/c1-20(8(21)22)9(10(12,13)14,11(15,16)17)19-18-7-5-3-2-4-6-7/h2-6,18-19H,1H3,(H,21,22)/p-1. The Labute approximate surface area is 120 Å². The van der Waals surface area contributed by atoms with Crippen molar-refractivity contribution in [3.8, 4) is 0 Å². The first-order valence-corrected chi connectivity index (χ1v) is 5.60. The molecule has 2 N–H and O–H groups in total. The minimum absolute atomic E-state index is 0.107. The Hall–Kier alpha value is -2.17. The summed E-state index contributed by atoms with van der Waals surface area (Å²) in [4.78, 5) is 9.60. The van der Waals surface area contributed by atoms with Crippen molar-refractivity contribution in [2.45, 2.75) is 18.0 Å². The molecule has 0 atom stereocenters. The fourth-order valence-electron chi connectivity index (χ4n) is 1.59. The first kappa shape index (κ1) is 17.9. The van der Waals surface area contributed by atoms with Crippen LogP contribution in [0.15, 0.2) is 30.3 Å². The van der Waals surface area contributed by atoms with Crippen molar-refractivity contribution in [2.24, 2.45) is 0 Å². The number of hydrogen-bond donors (Lipinski definition) is 2. The minimum atomic E-state index is -6.01. The summed E-state index contributed by atoms with van der Waals surface area (Å²) in [5, 5.41) is 10.6. The first-order valence-electron chi connectivity index (χ1n) is 5.60. The second-order valence-electron chi connectivity index (χ2n) is 4.15. The van der Waals surface area contributed by atoms with Gasteiger partial charge in [0.05, 0.1) is 0 Å². The molecule has 1 aromatic rings. The van der Waals surface area contributed by atoms with Gasteiger partial charge in [0, 0.05) is 12.7 Å². The number of alkyl halides is 6. The van der Waals surface area contributed by atoms with E-state index in [1.807, 2.05) is 0 Å². The normalized spacial score (nSPS) is 12.9. The van der Waals surface area contributed by atoms with E-state index in [-0.39, 0.29) is 12.7 Å². The molecule has 0 aliphatic carbocycles. The van der Waals surface area contributed by atoms with Gasteiger partial charge in [0.15, 0.2) is 0 Å². The Balaban J connectivity index is 3.28. The fraction of sp³-hybridized carbons (Fsp3) is 0.364. The number of hydrazine groups is 1. The van der Waals surface area contributed by atoms with Gasteiger partial charge < -0.3 is 20.2 Å². The van der Waals surface area contributed by atoms with E-state index in [2.05, 4.69) is 0 Å². The van der Waals surface area contributed by atoms with E-state index in [0.29, 0.717) is 0 Å². The lowest BCUT2D eigenvalue weighted by atomic mass is 10.1. The highest BCUT2D eigenvalue weighted by Gasteiger charge is 2.74. The lowest BCUT2D eigenvalue weighted by Gasteiger charge is -2.45. The Morgan fingerprint density at radius 1 is 1.05 bits per heavy atom. The molecule has 1 aromatic carbocycles. The van der Waals surface area contributed by atoms with Gasteiger partial charge in [-0.3, -0.25) is 0 Å². The molecular weight excluding hydrogens is 320 g/mol. The zero-order chi connectivity index (χ0) is 17.2. The van der Waals surface area contributed by atoms with Crippen LogP contribution in [0.4, 0.5) is 36.8 Å². The van der Waals surface area contributed by atoms with E-state index in [9.17, 15) is 36.2 Å². The molecule has 11 heteroatoms. The fourth-order valence-corrected chi connectivity index (χ4v) is 1.59. The first-order chi connectivity index (χ1) is 9.93. The van der Waals surface area contributed by atoms with Crippen molar-refractivity contribution < 1.29 is 36.2 Å². The average Bonchev–Trinajstić information content (AvgIpc) is 2.37. The molecule has 0 aliphatic heterocycles. The van der Waals surface area contributed by atoms with Crippen molar-refractivity contribution in [2.75, 3.05) is 12.5 Å². The SMILES string of the molecule is CN(C(=O)[O-])C(NNc1ccccc1)(C(F)(F)F)C(F)(F)F. The van der Waals surface area contributed by atoms with Crippen LogP contribution in [0.1, 0.15) is 0 Å². The monoisotopic (exact) mass is 330 g/mol. The topological polar surface area (TPSA) is 67.4 Å². The smallest absolute Gasteiger partial charge is 0.436 e. The molecule has 0 unspecified atom stereocenters. The van der Waals surface area contributed by atoms with E-state index in [1.54, 1.807) is 5.43 Å². The van der Waals surface area contributed by atoms with Crippen LogP contribution in [0.25, 0.3) is 0 Å². The van der Waals surface area contributed by atoms with E-state index in [0.717, 1.165) is 5.43 Å². The lowest BCUT2D eigenvalue weighted by molar-refractivity contribution is -0.360. The Kier molecular flexibility index (Phi) is 4.80. The number of halogens is 6. The van der Waals surface area contributed by atoms with Gasteiger partial charge in [0.25, 0.3) is 0 Å². The van der Waals surface area contributed by atoms with Crippen LogP contribution in [0, 0.1) is 0 Å². The number of carbonyl (C=O) groups excluding carboxylic acids is 1.